The molecule has 0 amide bonds. The van der Waals surface area contributed by atoms with Crippen LogP contribution in [0, 0.1) is 0 Å². The number of aromatic nitrogens is 3. The van der Waals surface area contributed by atoms with Crippen LogP contribution in [0.4, 0.5) is 14.5 Å². The Bertz CT molecular complexity index is 1060. The minimum absolute atomic E-state index is 0.112. The van der Waals surface area contributed by atoms with Crippen molar-refractivity contribution >= 4 is 42.3 Å². The van der Waals surface area contributed by atoms with Gasteiger partial charge in [-0.05, 0) is 0 Å². The second kappa shape index (κ2) is 9.10. The summed E-state index contributed by atoms with van der Waals surface area (Å²) in [6.07, 6.45) is 1.33. The number of thiol groups is 1. The number of aliphatic hydroxyl groups excluding tert-OH is 1. The first-order valence-electron chi connectivity index (χ1n) is 10.1. The van der Waals surface area contributed by atoms with Gasteiger partial charge >= 0.3 is 171 Å². The number of alkyl halides is 2. The van der Waals surface area contributed by atoms with E-state index in [4.69, 9.17) is 0 Å². The van der Waals surface area contributed by atoms with Gasteiger partial charge in [0, 0.05) is 0 Å². The third-order valence-corrected chi connectivity index (χ3v) is 7.02. The van der Waals surface area contributed by atoms with Crippen molar-refractivity contribution in [1.29, 1.82) is 0 Å². The van der Waals surface area contributed by atoms with Crippen LogP contribution in [0.1, 0.15) is 36.8 Å². The Balaban J connectivity index is 0.00000112. The Hall–Kier alpha value is -1.60. The third kappa shape index (κ3) is 4.23. The molecular weight excluding hydrogens is 441 g/mol. The molecule has 166 valence electrons. The van der Waals surface area contributed by atoms with Crippen LogP contribution in [0.2, 0.25) is 0 Å². The number of halogens is 2. The molecule has 1 unspecified atom stereocenters. The monoisotopic (exact) mass is 466 g/mol. The van der Waals surface area contributed by atoms with E-state index < -0.39 is 6.43 Å². The quantitative estimate of drug-likeness (QED) is 0.432. The SMILES string of the molecule is CC1CN(c2cc(C3(CO)CC3)cn3c(-c4nnc(C(F)F)s4)bcc23)CCN1.NS. The molecule has 3 aromatic heterocycles. The van der Waals surface area contributed by atoms with Crippen molar-refractivity contribution in [2.75, 3.05) is 31.1 Å². The van der Waals surface area contributed by atoms with Crippen LogP contribution < -0.4 is 15.4 Å². The summed E-state index contributed by atoms with van der Waals surface area (Å²) in [5, 5.41) is 25.5. The number of aliphatic hydroxyl groups is 1. The number of fused-ring (bicyclic) bond motifs is 1. The second-order valence-corrected chi connectivity index (χ2v) is 9.08. The molecule has 3 aromatic rings. The largest absolute Gasteiger partial charge is 0.281 e. The Morgan fingerprint density at radius 1 is 1.42 bits per heavy atom. The average molecular weight is 466 g/mol. The first-order valence-corrected chi connectivity index (χ1v) is 11.5. The Morgan fingerprint density at radius 3 is 2.81 bits per heavy atom. The summed E-state index contributed by atoms with van der Waals surface area (Å²) in [6, 6.07) is 2.58. The van der Waals surface area contributed by atoms with Crippen molar-refractivity contribution in [2.24, 2.45) is 5.14 Å². The van der Waals surface area contributed by atoms with E-state index in [1.165, 1.54) is 0 Å². The van der Waals surface area contributed by atoms with Gasteiger partial charge in [-0.25, -0.2) is 0 Å². The van der Waals surface area contributed by atoms with E-state index in [-0.39, 0.29) is 17.0 Å². The van der Waals surface area contributed by atoms with Crippen LogP contribution in [0.25, 0.3) is 16.1 Å². The summed E-state index contributed by atoms with van der Waals surface area (Å²) >= 11 is 3.95. The molecule has 0 spiro atoms. The van der Waals surface area contributed by atoms with Crippen molar-refractivity contribution < 1.29 is 13.9 Å². The number of hydrogen-bond acceptors (Lipinski definition) is 8. The fourth-order valence-electron chi connectivity index (χ4n) is 4.18. The Labute approximate surface area is 189 Å². The van der Waals surface area contributed by atoms with Crippen molar-refractivity contribution in [3.8, 4) is 10.6 Å². The van der Waals surface area contributed by atoms with Gasteiger partial charge in [0.05, 0.1) is 0 Å². The molecule has 1 aliphatic carbocycles. The molecule has 1 saturated heterocycles. The number of hydrogen-bond donors (Lipinski definition) is 4. The summed E-state index contributed by atoms with van der Waals surface area (Å²) < 4.78 is 28.1. The van der Waals surface area contributed by atoms with E-state index in [0.29, 0.717) is 11.0 Å². The summed E-state index contributed by atoms with van der Waals surface area (Å²) in [6.45, 7) is 6.89. The number of anilines is 1. The van der Waals surface area contributed by atoms with Crippen molar-refractivity contribution in [2.45, 2.75) is 37.6 Å². The van der Waals surface area contributed by atoms with Crippen LogP contribution >= 0.6 is 24.2 Å². The Kier molecular flexibility index (Phi) is 6.64. The molecule has 1 atom stereocenters. The Morgan fingerprint density at radius 2 is 2.19 bits per heavy atom. The molecule has 1 saturated carbocycles. The molecule has 1 aliphatic heterocycles. The van der Waals surface area contributed by atoms with Gasteiger partial charge in [0.25, 0.3) is 0 Å². The van der Waals surface area contributed by atoms with E-state index in [1.807, 2.05) is 23.5 Å². The van der Waals surface area contributed by atoms with Crippen molar-refractivity contribution in [3.63, 3.8) is 0 Å². The van der Waals surface area contributed by atoms with E-state index in [2.05, 4.69) is 51.4 Å². The molecule has 2 aliphatic rings. The first kappa shape index (κ1) is 22.6. The van der Waals surface area contributed by atoms with Gasteiger partial charge in [-0.1, -0.05) is 0 Å². The van der Waals surface area contributed by atoms with Gasteiger partial charge in [-0.15, -0.1) is 12.8 Å². The maximum absolute atomic E-state index is 13.0. The van der Waals surface area contributed by atoms with Gasteiger partial charge in [0.2, 0.25) is 0 Å². The molecule has 31 heavy (non-hydrogen) atoms. The molecule has 4 N–H and O–H groups in total. The molecule has 2 fully saturated rings. The minimum Gasteiger partial charge on any atom is -0.281 e. The number of nitrogens with zero attached hydrogens (tertiary/aromatic N) is 4. The van der Waals surface area contributed by atoms with Gasteiger partial charge in [-0.3, -0.25) is 5.14 Å². The summed E-state index contributed by atoms with van der Waals surface area (Å²) in [5.41, 5.74) is 3.77. The third-order valence-electron chi connectivity index (χ3n) is 6.07. The molecule has 12 heteroatoms. The molecule has 0 aromatic carbocycles. The van der Waals surface area contributed by atoms with Crippen LogP contribution in [0.3, 0.4) is 0 Å². The zero-order valence-corrected chi connectivity index (χ0v) is 18.8. The van der Waals surface area contributed by atoms with Crippen LogP contribution in [0.5, 0.6) is 0 Å². The fraction of sp³-hybridized carbons (Fsp3) is 0.526. The maximum atomic E-state index is 13.0. The number of pyridine rings is 1. The molecule has 4 heterocycles. The van der Waals surface area contributed by atoms with Crippen LogP contribution in [0.15, 0.2) is 18.2 Å². The van der Waals surface area contributed by atoms with E-state index in [9.17, 15) is 13.9 Å². The number of nitrogens with two attached hydrogens (primary N) is 1. The molecule has 0 radical (unpaired) electrons. The summed E-state index contributed by atoms with van der Waals surface area (Å²) in [7, 11) is 0. The van der Waals surface area contributed by atoms with E-state index in [0.717, 1.165) is 66.2 Å². The molecule has 7 nitrogen and oxygen atoms in total. The predicted molar refractivity (Wildman–Crippen MR) is 123 cm³/mol. The smallest absolute Gasteiger partial charge is 0.103 e. The normalized spacial score (nSPS) is 20.0. The number of piperazine rings is 1. The van der Waals surface area contributed by atoms with Crippen molar-refractivity contribution in [1.82, 2.24) is 19.9 Å². The van der Waals surface area contributed by atoms with Crippen molar-refractivity contribution in [3.05, 3.63) is 28.8 Å². The van der Waals surface area contributed by atoms with E-state index >= 15 is 0 Å². The molecule has 0 bridgehead atoms. The van der Waals surface area contributed by atoms with Gasteiger partial charge < -0.3 is 0 Å². The second-order valence-electron chi connectivity index (χ2n) is 8.07. The standard InChI is InChI=1S/C19H22BF2N5OS.H3NS/c1-11-8-26(5-4-23-11)13-6-12(19(10-28)2-3-19)9-27-14(13)7-20-15(27)17-24-25-18(29-17)16(21)22;1-2/h6-7,9,11,16,23,28H,2-5,8,10H2,1H3;2H,1H2. The zero-order chi connectivity index (χ0) is 22.2. The van der Waals surface area contributed by atoms with Crippen LogP contribution in [-0.4, -0.2) is 58.9 Å². The summed E-state index contributed by atoms with van der Waals surface area (Å²) in [5.74, 6) is 2.02. The number of rotatable bonds is 5. The average Bonchev–Trinajstić information content (AvgIpc) is 3.22. The van der Waals surface area contributed by atoms with Gasteiger partial charge in [0.1, 0.15) is 0 Å². The number of nitrogens with one attached hydrogen (secondary N) is 1. The minimum atomic E-state index is -2.62. The predicted octanol–water partition coefficient (Wildman–Crippen LogP) is 2.35. The first-order chi connectivity index (χ1) is 15.0. The van der Waals surface area contributed by atoms with Gasteiger partial charge in [-0.2, -0.15) is 0 Å². The zero-order valence-electron chi connectivity index (χ0n) is 17.1. The topological polar surface area (TPSA) is 91.7 Å². The van der Waals surface area contributed by atoms with Crippen LogP contribution in [-0.2, 0) is 5.41 Å². The summed E-state index contributed by atoms with van der Waals surface area (Å²) in [4.78, 5) is 2.36. The van der Waals surface area contributed by atoms with E-state index in [1.54, 1.807) is 0 Å². The molecular formula is C19H25BF2N6OS2. The maximum Gasteiger partial charge on any atom is -0.103 e. The molecule has 5 rings (SSSR count). The fourth-order valence-corrected chi connectivity index (χ4v) is 4.90. The van der Waals surface area contributed by atoms with Gasteiger partial charge in [0.15, 0.2) is 0 Å².